The van der Waals surface area contributed by atoms with Crippen molar-refractivity contribution in [2.75, 3.05) is 19.0 Å². The maximum Gasteiger partial charge on any atom is 0.403 e. The van der Waals surface area contributed by atoms with Crippen LogP contribution < -0.4 is 10.6 Å². The van der Waals surface area contributed by atoms with Crippen molar-refractivity contribution in [3.05, 3.63) is 23.9 Å². The predicted molar refractivity (Wildman–Crippen MR) is 56.3 cm³/mol. The fourth-order valence-corrected chi connectivity index (χ4v) is 1.34. The Balaban J connectivity index is 2.89. The van der Waals surface area contributed by atoms with Crippen molar-refractivity contribution >= 4 is 5.82 Å². The first kappa shape index (κ1) is 12.8. The van der Waals surface area contributed by atoms with Crippen molar-refractivity contribution in [1.29, 1.82) is 0 Å². The van der Waals surface area contributed by atoms with Gasteiger partial charge in [-0.2, -0.15) is 13.2 Å². The van der Waals surface area contributed by atoms with Gasteiger partial charge in [0.05, 0.1) is 0 Å². The van der Waals surface area contributed by atoms with E-state index in [9.17, 15) is 13.2 Å². The molecule has 16 heavy (non-hydrogen) atoms. The number of nitrogens with zero attached hydrogens (tertiary/aromatic N) is 2. The minimum atomic E-state index is -4.38. The summed E-state index contributed by atoms with van der Waals surface area (Å²) >= 11 is 0. The first-order chi connectivity index (χ1) is 7.32. The van der Waals surface area contributed by atoms with Gasteiger partial charge in [0, 0.05) is 20.3 Å². The Morgan fingerprint density at radius 2 is 2.06 bits per heavy atom. The van der Waals surface area contributed by atoms with Crippen molar-refractivity contribution in [2.45, 2.75) is 18.6 Å². The molecule has 0 saturated carbocycles. The first-order valence-electron chi connectivity index (χ1n) is 4.76. The van der Waals surface area contributed by atoms with Crippen LogP contribution in [0.3, 0.4) is 0 Å². The lowest BCUT2D eigenvalue weighted by molar-refractivity contribution is -0.147. The third kappa shape index (κ3) is 3.10. The Bertz CT molecular complexity index is 349. The van der Waals surface area contributed by atoms with E-state index in [0.29, 0.717) is 11.4 Å². The lowest BCUT2D eigenvalue weighted by Gasteiger charge is -2.19. The average Bonchev–Trinajstić information content (AvgIpc) is 2.16. The Labute approximate surface area is 92.1 Å². The quantitative estimate of drug-likeness (QED) is 0.861. The van der Waals surface area contributed by atoms with Crippen molar-refractivity contribution < 1.29 is 13.2 Å². The second-order valence-corrected chi connectivity index (χ2v) is 3.73. The highest BCUT2D eigenvalue weighted by Gasteiger charge is 2.37. The van der Waals surface area contributed by atoms with Crippen LogP contribution in [0.15, 0.2) is 18.3 Å². The highest BCUT2D eigenvalue weighted by atomic mass is 19.4. The highest BCUT2D eigenvalue weighted by Crippen LogP contribution is 2.24. The van der Waals surface area contributed by atoms with E-state index >= 15 is 0 Å². The molecular weight excluding hydrogens is 219 g/mol. The minimum Gasteiger partial charge on any atom is -0.363 e. The summed E-state index contributed by atoms with van der Waals surface area (Å²) in [6.07, 6.45) is -3.10. The van der Waals surface area contributed by atoms with Gasteiger partial charge in [-0.15, -0.1) is 0 Å². The summed E-state index contributed by atoms with van der Waals surface area (Å²) in [5, 5.41) is 0. The molecule has 0 spiro atoms. The van der Waals surface area contributed by atoms with Crippen LogP contribution in [0.4, 0.5) is 19.0 Å². The topological polar surface area (TPSA) is 42.2 Å². The second-order valence-electron chi connectivity index (χ2n) is 3.73. The largest absolute Gasteiger partial charge is 0.403 e. The molecular formula is C10H14F3N3. The molecule has 1 unspecified atom stereocenters. The predicted octanol–water partition coefficient (Wildman–Crippen LogP) is 1.58. The van der Waals surface area contributed by atoms with Crippen LogP contribution >= 0.6 is 0 Å². The van der Waals surface area contributed by atoms with Crippen LogP contribution in [0.1, 0.15) is 5.56 Å². The molecule has 0 saturated heterocycles. The number of anilines is 1. The Morgan fingerprint density at radius 1 is 1.44 bits per heavy atom. The zero-order valence-electron chi connectivity index (χ0n) is 9.12. The molecule has 0 bridgehead atoms. The maximum atomic E-state index is 12.3. The van der Waals surface area contributed by atoms with E-state index in [-0.39, 0.29) is 6.42 Å². The third-order valence-electron chi connectivity index (χ3n) is 2.15. The number of hydrogen-bond donors (Lipinski definition) is 1. The van der Waals surface area contributed by atoms with E-state index in [4.69, 9.17) is 5.73 Å². The fourth-order valence-electron chi connectivity index (χ4n) is 1.34. The minimum absolute atomic E-state index is 0.259. The van der Waals surface area contributed by atoms with Crippen LogP contribution in [0, 0.1) is 0 Å². The van der Waals surface area contributed by atoms with E-state index in [1.54, 1.807) is 31.1 Å². The van der Waals surface area contributed by atoms with Gasteiger partial charge >= 0.3 is 6.18 Å². The van der Waals surface area contributed by atoms with Crippen LogP contribution in [0.5, 0.6) is 0 Å². The summed E-state index contributed by atoms with van der Waals surface area (Å²) in [6, 6.07) is 1.36. The van der Waals surface area contributed by atoms with E-state index in [0.717, 1.165) is 0 Å². The number of hydrogen-bond acceptors (Lipinski definition) is 3. The highest BCUT2D eigenvalue weighted by molar-refractivity contribution is 5.45. The molecule has 0 aliphatic rings. The molecule has 0 aliphatic carbocycles. The zero-order chi connectivity index (χ0) is 12.3. The molecule has 6 heteroatoms. The first-order valence-corrected chi connectivity index (χ1v) is 4.76. The summed E-state index contributed by atoms with van der Waals surface area (Å²) < 4.78 is 36.9. The molecule has 0 radical (unpaired) electrons. The maximum absolute atomic E-state index is 12.3. The summed E-state index contributed by atoms with van der Waals surface area (Å²) in [6.45, 7) is 0. The van der Waals surface area contributed by atoms with Gasteiger partial charge in [-0.1, -0.05) is 6.07 Å². The fraction of sp³-hybridized carbons (Fsp3) is 0.500. The lowest BCUT2D eigenvalue weighted by atomic mass is 10.1. The van der Waals surface area contributed by atoms with Crippen molar-refractivity contribution in [1.82, 2.24) is 4.98 Å². The second kappa shape index (κ2) is 4.69. The van der Waals surface area contributed by atoms with Crippen molar-refractivity contribution in [3.63, 3.8) is 0 Å². The molecule has 1 rings (SSSR count). The molecule has 0 amide bonds. The van der Waals surface area contributed by atoms with Gasteiger partial charge in [0.25, 0.3) is 0 Å². The number of nitrogens with two attached hydrogens (primary N) is 1. The Hall–Kier alpha value is -1.30. The molecule has 0 aliphatic heterocycles. The lowest BCUT2D eigenvalue weighted by Crippen LogP contribution is -2.39. The van der Waals surface area contributed by atoms with Gasteiger partial charge < -0.3 is 10.6 Å². The third-order valence-corrected chi connectivity index (χ3v) is 2.15. The van der Waals surface area contributed by atoms with Gasteiger partial charge in [0.15, 0.2) is 0 Å². The number of rotatable bonds is 3. The molecule has 1 aromatic heterocycles. The zero-order valence-corrected chi connectivity index (χ0v) is 9.12. The molecule has 3 nitrogen and oxygen atoms in total. The molecule has 90 valence electrons. The Kier molecular flexibility index (Phi) is 3.74. The number of pyridine rings is 1. The monoisotopic (exact) mass is 233 g/mol. The van der Waals surface area contributed by atoms with E-state index in [1.165, 1.54) is 6.20 Å². The summed E-state index contributed by atoms with van der Waals surface area (Å²) in [5.74, 6) is 0.516. The van der Waals surface area contributed by atoms with Crippen LogP contribution in [0.25, 0.3) is 0 Å². The number of halogens is 3. The average molecular weight is 233 g/mol. The van der Waals surface area contributed by atoms with E-state index in [1.807, 2.05) is 0 Å². The summed E-state index contributed by atoms with van der Waals surface area (Å²) in [4.78, 5) is 5.68. The van der Waals surface area contributed by atoms with E-state index < -0.39 is 12.2 Å². The van der Waals surface area contributed by atoms with Crippen LogP contribution in [-0.4, -0.2) is 31.3 Å². The smallest absolute Gasteiger partial charge is 0.363 e. The normalized spacial score (nSPS) is 13.6. The van der Waals surface area contributed by atoms with E-state index in [2.05, 4.69) is 4.98 Å². The number of alkyl halides is 3. The molecule has 2 N–H and O–H groups in total. The van der Waals surface area contributed by atoms with Gasteiger partial charge in [0.1, 0.15) is 11.9 Å². The Morgan fingerprint density at radius 3 is 2.56 bits per heavy atom. The van der Waals surface area contributed by atoms with Crippen molar-refractivity contribution in [3.8, 4) is 0 Å². The SMILES string of the molecule is CN(C)c1ncccc1CC(N)C(F)(F)F. The van der Waals surface area contributed by atoms with Crippen LogP contribution in [0.2, 0.25) is 0 Å². The number of aromatic nitrogens is 1. The molecule has 0 aromatic carbocycles. The van der Waals surface area contributed by atoms with Gasteiger partial charge in [0.2, 0.25) is 0 Å². The van der Waals surface area contributed by atoms with Gasteiger partial charge in [-0.25, -0.2) is 4.98 Å². The van der Waals surface area contributed by atoms with Gasteiger partial charge in [-0.05, 0) is 18.1 Å². The van der Waals surface area contributed by atoms with Crippen molar-refractivity contribution in [2.24, 2.45) is 5.73 Å². The standard InChI is InChI=1S/C10H14F3N3/c1-16(2)9-7(4-3-5-15-9)6-8(14)10(11,12)13/h3-5,8H,6,14H2,1-2H3. The summed E-state index contributed by atoms with van der Waals surface area (Å²) in [5.41, 5.74) is 5.58. The van der Waals surface area contributed by atoms with Crippen LogP contribution in [-0.2, 0) is 6.42 Å². The molecule has 1 atom stereocenters. The molecule has 1 aromatic rings. The molecule has 1 heterocycles. The van der Waals surface area contributed by atoms with Gasteiger partial charge in [-0.3, -0.25) is 0 Å². The summed E-state index contributed by atoms with van der Waals surface area (Å²) in [7, 11) is 3.45. The molecule has 0 fully saturated rings.